The number of anilines is 1. The minimum atomic E-state index is -3.53. The van der Waals surface area contributed by atoms with Crippen molar-refractivity contribution in [3.63, 3.8) is 0 Å². The van der Waals surface area contributed by atoms with Gasteiger partial charge in [-0.05, 0) is 19.9 Å². The Bertz CT molecular complexity index is 488. The average molecular weight is 273 g/mol. The SMILES string of the molecule is CC(C)OCCN(C)S(=O)(=O)c1ccnc(N)c1. The average Bonchev–Trinajstić information content (AvgIpc) is 2.28. The second-order valence-electron chi connectivity index (χ2n) is 4.16. The van der Waals surface area contributed by atoms with Gasteiger partial charge in [-0.25, -0.2) is 13.4 Å². The van der Waals surface area contributed by atoms with E-state index in [1.165, 1.54) is 29.7 Å². The van der Waals surface area contributed by atoms with Gasteiger partial charge in [0.25, 0.3) is 0 Å². The van der Waals surface area contributed by atoms with Crippen LogP contribution >= 0.6 is 0 Å². The smallest absolute Gasteiger partial charge is 0.243 e. The zero-order chi connectivity index (χ0) is 13.8. The van der Waals surface area contributed by atoms with Gasteiger partial charge in [-0.2, -0.15) is 4.31 Å². The molecule has 18 heavy (non-hydrogen) atoms. The Labute approximate surface area is 108 Å². The van der Waals surface area contributed by atoms with Gasteiger partial charge in [0.15, 0.2) is 0 Å². The summed E-state index contributed by atoms with van der Waals surface area (Å²) in [6.07, 6.45) is 1.46. The fraction of sp³-hybridized carbons (Fsp3) is 0.545. The predicted molar refractivity (Wildman–Crippen MR) is 69.6 cm³/mol. The molecule has 1 heterocycles. The highest BCUT2D eigenvalue weighted by Crippen LogP contribution is 2.15. The topological polar surface area (TPSA) is 85.5 Å². The number of aromatic nitrogens is 1. The van der Waals surface area contributed by atoms with Crippen LogP contribution in [0.1, 0.15) is 13.8 Å². The van der Waals surface area contributed by atoms with Crippen LogP contribution < -0.4 is 5.73 Å². The van der Waals surface area contributed by atoms with Crippen molar-refractivity contribution >= 4 is 15.8 Å². The number of rotatable bonds is 6. The van der Waals surface area contributed by atoms with E-state index in [9.17, 15) is 8.42 Å². The summed E-state index contributed by atoms with van der Waals surface area (Å²) in [7, 11) is -2.02. The van der Waals surface area contributed by atoms with Gasteiger partial charge in [-0.3, -0.25) is 0 Å². The molecule has 0 aliphatic heterocycles. The van der Waals surface area contributed by atoms with Crippen molar-refractivity contribution in [1.82, 2.24) is 9.29 Å². The largest absolute Gasteiger partial charge is 0.384 e. The van der Waals surface area contributed by atoms with E-state index in [1.807, 2.05) is 13.8 Å². The maximum absolute atomic E-state index is 12.1. The summed E-state index contributed by atoms with van der Waals surface area (Å²) in [6, 6.07) is 2.76. The quantitative estimate of drug-likeness (QED) is 0.825. The van der Waals surface area contributed by atoms with Crippen LogP contribution in [0.3, 0.4) is 0 Å². The second kappa shape index (κ2) is 6.12. The molecule has 1 rings (SSSR count). The highest BCUT2D eigenvalue weighted by molar-refractivity contribution is 7.89. The Morgan fingerprint density at radius 2 is 2.17 bits per heavy atom. The van der Waals surface area contributed by atoms with Crippen LogP contribution in [0.2, 0.25) is 0 Å². The molecule has 0 bridgehead atoms. The summed E-state index contributed by atoms with van der Waals surface area (Å²) in [5.41, 5.74) is 5.48. The van der Waals surface area contributed by atoms with Gasteiger partial charge < -0.3 is 10.5 Å². The van der Waals surface area contributed by atoms with Crippen molar-refractivity contribution in [3.05, 3.63) is 18.3 Å². The summed E-state index contributed by atoms with van der Waals surface area (Å²) in [4.78, 5) is 3.91. The van der Waals surface area contributed by atoms with Gasteiger partial charge in [0.05, 0.1) is 17.6 Å². The van der Waals surface area contributed by atoms with E-state index >= 15 is 0 Å². The van der Waals surface area contributed by atoms with Crippen LogP contribution in [-0.2, 0) is 14.8 Å². The summed E-state index contributed by atoms with van der Waals surface area (Å²) in [5, 5.41) is 0. The van der Waals surface area contributed by atoms with E-state index in [0.29, 0.717) is 13.2 Å². The Morgan fingerprint density at radius 1 is 1.50 bits per heavy atom. The molecule has 0 aliphatic carbocycles. The number of nitrogens with zero attached hydrogens (tertiary/aromatic N) is 2. The number of nitrogen functional groups attached to an aromatic ring is 1. The highest BCUT2D eigenvalue weighted by Gasteiger charge is 2.20. The molecule has 0 aliphatic rings. The lowest BCUT2D eigenvalue weighted by atomic mass is 10.5. The predicted octanol–water partition coefficient (Wildman–Crippen LogP) is 0.709. The third-order valence-corrected chi connectivity index (χ3v) is 4.17. The molecule has 0 aromatic carbocycles. The van der Waals surface area contributed by atoms with Gasteiger partial charge in [-0.1, -0.05) is 0 Å². The number of likely N-dealkylation sites (N-methyl/N-ethyl adjacent to an activating group) is 1. The molecule has 102 valence electrons. The van der Waals surface area contributed by atoms with Crippen LogP contribution in [0.15, 0.2) is 23.2 Å². The van der Waals surface area contributed by atoms with Crippen LogP contribution in [0.25, 0.3) is 0 Å². The number of sulfonamides is 1. The normalized spacial score (nSPS) is 12.3. The van der Waals surface area contributed by atoms with Gasteiger partial charge in [0.2, 0.25) is 10.0 Å². The number of pyridine rings is 1. The van der Waals surface area contributed by atoms with Gasteiger partial charge in [0.1, 0.15) is 5.82 Å². The summed E-state index contributed by atoms with van der Waals surface area (Å²) in [6.45, 7) is 4.45. The molecule has 0 radical (unpaired) electrons. The monoisotopic (exact) mass is 273 g/mol. The first-order valence-corrected chi connectivity index (χ1v) is 7.07. The maximum Gasteiger partial charge on any atom is 0.243 e. The number of hydrogen-bond donors (Lipinski definition) is 1. The molecule has 0 amide bonds. The van der Waals surface area contributed by atoms with E-state index in [0.717, 1.165) is 0 Å². The van der Waals surface area contributed by atoms with E-state index in [4.69, 9.17) is 10.5 Å². The summed E-state index contributed by atoms with van der Waals surface area (Å²) < 4.78 is 30.9. The van der Waals surface area contributed by atoms with Crippen molar-refractivity contribution in [2.75, 3.05) is 25.9 Å². The van der Waals surface area contributed by atoms with E-state index in [-0.39, 0.29) is 16.8 Å². The fourth-order valence-electron chi connectivity index (χ4n) is 1.31. The molecule has 1 aromatic rings. The number of nitrogens with two attached hydrogens (primary N) is 1. The molecule has 0 spiro atoms. The number of ether oxygens (including phenoxy) is 1. The van der Waals surface area contributed by atoms with E-state index in [1.54, 1.807) is 0 Å². The lowest BCUT2D eigenvalue weighted by Crippen LogP contribution is -2.31. The fourth-order valence-corrected chi connectivity index (χ4v) is 2.48. The Hall–Kier alpha value is -1.18. The molecule has 0 atom stereocenters. The van der Waals surface area contributed by atoms with Crippen LogP contribution in [0, 0.1) is 0 Å². The minimum absolute atomic E-state index is 0.0812. The lowest BCUT2D eigenvalue weighted by Gasteiger charge is -2.18. The molecule has 7 heteroatoms. The van der Waals surface area contributed by atoms with Crippen LogP contribution in [0.4, 0.5) is 5.82 Å². The number of hydrogen-bond acceptors (Lipinski definition) is 5. The van der Waals surface area contributed by atoms with Gasteiger partial charge in [0, 0.05) is 25.9 Å². The first-order valence-electron chi connectivity index (χ1n) is 5.63. The molecule has 0 saturated heterocycles. The van der Waals surface area contributed by atoms with Crippen LogP contribution in [0.5, 0.6) is 0 Å². The summed E-state index contributed by atoms with van der Waals surface area (Å²) in [5.74, 6) is 0.183. The highest BCUT2D eigenvalue weighted by atomic mass is 32.2. The maximum atomic E-state index is 12.1. The molecule has 0 unspecified atom stereocenters. The zero-order valence-electron chi connectivity index (χ0n) is 10.8. The van der Waals surface area contributed by atoms with Crippen molar-refractivity contribution in [2.45, 2.75) is 24.8 Å². The third-order valence-electron chi connectivity index (χ3n) is 2.32. The minimum Gasteiger partial charge on any atom is -0.384 e. The Balaban J connectivity index is 2.74. The molecule has 2 N–H and O–H groups in total. The standard InChI is InChI=1S/C11H19N3O3S/c1-9(2)17-7-6-14(3)18(15,16)10-4-5-13-11(12)8-10/h4-5,8-9H,6-7H2,1-3H3,(H2,12,13). The molecular formula is C11H19N3O3S. The van der Waals surface area contributed by atoms with Gasteiger partial charge in [-0.15, -0.1) is 0 Å². The molecule has 1 aromatic heterocycles. The zero-order valence-corrected chi connectivity index (χ0v) is 11.6. The van der Waals surface area contributed by atoms with Crippen molar-refractivity contribution < 1.29 is 13.2 Å². The third kappa shape index (κ3) is 3.94. The van der Waals surface area contributed by atoms with E-state index < -0.39 is 10.0 Å². The first-order chi connectivity index (χ1) is 8.34. The Morgan fingerprint density at radius 3 is 2.72 bits per heavy atom. The lowest BCUT2D eigenvalue weighted by molar-refractivity contribution is 0.0737. The second-order valence-corrected chi connectivity index (χ2v) is 6.21. The van der Waals surface area contributed by atoms with Crippen molar-refractivity contribution in [2.24, 2.45) is 0 Å². The van der Waals surface area contributed by atoms with Crippen molar-refractivity contribution in [1.29, 1.82) is 0 Å². The molecule has 6 nitrogen and oxygen atoms in total. The molecule has 0 saturated carbocycles. The molecular weight excluding hydrogens is 254 g/mol. The summed E-state index contributed by atoms with van der Waals surface area (Å²) >= 11 is 0. The van der Waals surface area contributed by atoms with Crippen LogP contribution in [-0.4, -0.2) is 44.0 Å². The van der Waals surface area contributed by atoms with Gasteiger partial charge >= 0.3 is 0 Å². The Kier molecular flexibility index (Phi) is 5.06. The first kappa shape index (κ1) is 14.9. The van der Waals surface area contributed by atoms with E-state index in [2.05, 4.69) is 4.98 Å². The molecule has 0 fully saturated rings. The van der Waals surface area contributed by atoms with Crippen molar-refractivity contribution in [3.8, 4) is 0 Å².